The number of aryl methyl sites for hydroxylation is 1. The fraction of sp³-hybridized carbons (Fsp3) is 0.367. The zero-order valence-corrected chi connectivity index (χ0v) is 23.7. The summed E-state index contributed by atoms with van der Waals surface area (Å²) in [5.74, 6) is 0.0729. The summed E-state index contributed by atoms with van der Waals surface area (Å²) in [7, 11) is 1.90. The number of nitrogens with zero attached hydrogens (tertiary/aromatic N) is 7. The highest BCUT2D eigenvalue weighted by molar-refractivity contribution is 6.14. The summed E-state index contributed by atoms with van der Waals surface area (Å²) in [6.45, 7) is 7.52. The number of amides is 3. The number of piperidine rings is 1. The van der Waals surface area contributed by atoms with Crippen LogP contribution in [0.25, 0.3) is 44.3 Å². The first-order valence-corrected chi connectivity index (χ1v) is 14.1. The lowest BCUT2D eigenvalue weighted by atomic mass is 9.94. The zero-order valence-electron chi connectivity index (χ0n) is 23.7. The second kappa shape index (κ2) is 9.46. The van der Waals surface area contributed by atoms with Crippen LogP contribution in [-0.4, -0.2) is 65.5 Å². The molecule has 6 heterocycles. The summed E-state index contributed by atoms with van der Waals surface area (Å²) in [4.78, 5) is 37.7. The molecule has 41 heavy (non-hydrogen) atoms. The number of rotatable bonds is 4. The number of hydrogen-bond donors (Lipinski definition) is 2. The highest BCUT2D eigenvalue weighted by atomic mass is 16.2. The number of anilines is 1. The number of nitrogens with one attached hydrogen (secondary N) is 2. The fourth-order valence-corrected chi connectivity index (χ4v) is 6.40. The Hall–Kier alpha value is -4.67. The van der Waals surface area contributed by atoms with Crippen LogP contribution in [0, 0.1) is 0 Å². The minimum atomic E-state index is -0.116. The maximum absolute atomic E-state index is 13.6. The minimum Gasteiger partial charge on any atom is -0.343 e. The van der Waals surface area contributed by atoms with Crippen molar-refractivity contribution >= 4 is 39.6 Å². The summed E-state index contributed by atoms with van der Waals surface area (Å²) >= 11 is 0. The molecular weight excluding hydrogens is 518 g/mol. The average Bonchev–Trinajstić information content (AvgIpc) is 3.69. The van der Waals surface area contributed by atoms with Gasteiger partial charge in [0.15, 0.2) is 0 Å². The Labute approximate surface area is 237 Å². The average molecular weight is 552 g/mol. The number of carbonyl (C=O) groups is 2. The highest BCUT2D eigenvalue weighted by Gasteiger charge is 2.36. The van der Waals surface area contributed by atoms with Crippen molar-refractivity contribution in [3.05, 3.63) is 48.5 Å². The summed E-state index contributed by atoms with van der Waals surface area (Å²) < 4.78 is 3.81. The first-order chi connectivity index (χ1) is 19.8. The zero-order chi connectivity index (χ0) is 28.4. The van der Waals surface area contributed by atoms with Crippen LogP contribution in [0.3, 0.4) is 0 Å². The fourth-order valence-electron chi connectivity index (χ4n) is 6.40. The van der Waals surface area contributed by atoms with Gasteiger partial charge in [0.2, 0.25) is 5.91 Å². The van der Waals surface area contributed by atoms with Crippen molar-refractivity contribution in [3.63, 3.8) is 0 Å². The number of carbonyl (C=O) groups excluding carboxylic acids is 2. The van der Waals surface area contributed by atoms with E-state index in [1.165, 1.54) is 0 Å². The minimum absolute atomic E-state index is 0.0356. The monoisotopic (exact) mass is 551 g/mol. The molecule has 5 aromatic rings. The number of urea groups is 1. The standard InChI is InChI=1S/C30H33N9O2/c1-17(2)39-24-6-5-19(11-20(24)14-34-39)25-26-28-21(12-31-29(26)35-27(25)22-15-33-36(4)16-22)13-32-30(41)38(28)23-7-9-37(10-8-23)18(3)40/h5-6,11-12,14-17,23H,7-10,13H2,1-4H3,(H,31,35)(H,32,41). The van der Waals surface area contributed by atoms with Crippen LogP contribution >= 0.6 is 0 Å². The molecule has 0 bridgehead atoms. The molecule has 210 valence electrons. The maximum Gasteiger partial charge on any atom is 0.322 e. The van der Waals surface area contributed by atoms with E-state index in [1.807, 2.05) is 46.3 Å². The van der Waals surface area contributed by atoms with Gasteiger partial charge in [0, 0.05) is 80.2 Å². The molecular formula is C30H33N9O2. The third-order valence-corrected chi connectivity index (χ3v) is 8.40. The van der Waals surface area contributed by atoms with E-state index in [0.717, 1.165) is 55.6 Å². The first-order valence-electron chi connectivity index (χ1n) is 14.1. The molecule has 1 aromatic carbocycles. The Bertz CT molecular complexity index is 1820. The van der Waals surface area contributed by atoms with Crippen LogP contribution in [0.4, 0.5) is 10.5 Å². The number of fused-ring (bicyclic) bond motifs is 4. The van der Waals surface area contributed by atoms with E-state index in [-0.39, 0.29) is 24.0 Å². The van der Waals surface area contributed by atoms with Gasteiger partial charge in [0.25, 0.3) is 0 Å². The molecule has 7 rings (SSSR count). The van der Waals surface area contributed by atoms with Crippen molar-refractivity contribution in [3.8, 4) is 22.4 Å². The molecule has 3 amide bonds. The molecule has 0 radical (unpaired) electrons. The highest BCUT2D eigenvalue weighted by Crippen LogP contribution is 2.45. The molecule has 1 saturated heterocycles. The number of pyridine rings is 1. The molecule has 4 aromatic heterocycles. The van der Waals surface area contributed by atoms with Gasteiger partial charge < -0.3 is 15.2 Å². The molecule has 0 unspecified atom stereocenters. The molecule has 11 nitrogen and oxygen atoms in total. The van der Waals surface area contributed by atoms with Crippen LogP contribution < -0.4 is 10.2 Å². The largest absolute Gasteiger partial charge is 0.343 e. The van der Waals surface area contributed by atoms with Crippen LogP contribution in [0.1, 0.15) is 45.2 Å². The van der Waals surface area contributed by atoms with E-state index in [2.05, 4.69) is 52.5 Å². The van der Waals surface area contributed by atoms with E-state index in [4.69, 9.17) is 4.98 Å². The Kier molecular flexibility index (Phi) is 5.84. The van der Waals surface area contributed by atoms with Gasteiger partial charge in [-0.1, -0.05) is 6.07 Å². The van der Waals surface area contributed by atoms with Crippen LogP contribution in [0.5, 0.6) is 0 Å². The third kappa shape index (κ3) is 4.06. The van der Waals surface area contributed by atoms with E-state index < -0.39 is 0 Å². The maximum atomic E-state index is 13.6. The number of benzene rings is 1. The van der Waals surface area contributed by atoms with E-state index >= 15 is 0 Å². The van der Waals surface area contributed by atoms with Crippen LogP contribution in [0.2, 0.25) is 0 Å². The molecule has 2 aliphatic rings. The number of likely N-dealkylation sites (tertiary alicyclic amines) is 1. The van der Waals surface area contributed by atoms with Crippen molar-refractivity contribution in [2.24, 2.45) is 7.05 Å². The van der Waals surface area contributed by atoms with E-state index in [9.17, 15) is 9.59 Å². The lowest BCUT2D eigenvalue weighted by molar-refractivity contribution is -0.129. The van der Waals surface area contributed by atoms with Gasteiger partial charge in [-0.3, -0.25) is 19.1 Å². The molecule has 1 fully saturated rings. The molecule has 2 aliphatic heterocycles. The number of aromatic nitrogens is 6. The van der Waals surface area contributed by atoms with Gasteiger partial charge in [-0.15, -0.1) is 0 Å². The van der Waals surface area contributed by atoms with Gasteiger partial charge in [-0.05, 0) is 44.4 Å². The van der Waals surface area contributed by atoms with E-state index in [0.29, 0.717) is 32.5 Å². The predicted molar refractivity (Wildman–Crippen MR) is 157 cm³/mol. The summed E-state index contributed by atoms with van der Waals surface area (Å²) in [5, 5.41) is 14.1. The molecule has 0 saturated carbocycles. The lowest BCUT2D eigenvalue weighted by Crippen LogP contribution is -2.53. The van der Waals surface area contributed by atoms with Crippen molar-refractivity contribution in [1.29, 1.82) is 0 Å². The number of H-pyrrole nitrogens is 1. The third-order valence-electron chi connectivity index (χ3n) is 8.40. The van der Waals surface area contributed by atoms with Crippen molar-refractivity contribution in [2.45, 2.75) is 52.2 Å². The molecule has 0 spiro atoms. The Morgan fingerprint density at radius 3 is 2.59 bits per heavy atom. The number of hydrogen-bond acceptors (Lipinski definition) is 5. The Morgan fingerprint density at radius 2 is 1.88 bits per heavy atom. The lowest BCUT2D eigenvalue weighted by Gasteiger charge is -2.41. The quantitative estimate of drug-likeness (QED) is 0.339. The van der Waals surface area contributed by atoms with Gasteiger partial charge in [0.1, 0.15) is 5.65 Å². The predicted octanol–water partition coefficient (Wildman–Crippen LogP) is 4.60. The molecule has 11 heteroatoms. The summed E-state index contributed by atoms with van der Waals surface area (Å²) in [5.41, 5.74) is 7.49. The first kappa shape index (κ1) is 25.3. The van der Waals surface area contributed by atoms with Crippen LogP contribution in [-0.2, 0) is 18.4 Å². The topological polar surface area (TPSA) is 117 Å². The molecule has 0 aliphatic carbocycles. The summed E-state index contributed by atoms with van der Waals surface area (Å²) in [6, 6.07) is 6.51. The van der Waals surface area contributed by atoms with Gasteiger partial charge in [-0.2, -0.15) is 10.2 Å². The smallest absolute Gasteiger partial charge is 0.322 e. The van der Waals surface area contributed by atoms with Crippen molar-refractivity contribution in [2.75, 3.05) is 18.0 Å². The molecule has 2 N–H and O–H groups in total. The normalized spacial score (nSPS) is 16.2. The Balaban J connectivity index is 1.46. The Morgan fingerprint density at radius 1 is 1.07 bits per heavy atom. The second-order valence-electron chi connectivity index (χ2n) is 11.4. The van der Waals surface area contributed by atoms with Gasteiger partial charge in [0.05, 0.1) is 34.7 Å². The van der Waals surface area contributed by atoms with Crippen molar-refractivity contribution in [1.82, 2.24) is 39.7 Å². The second-order valence-corrected chi connectivity index (χ2v) is 11.4. The van der Waals surface area contributed by atoms with Crippen molar-refractivity contribution < 1.29 is 9.59 Å². The SMILES string of the molecule is CC(=O)N1CCC(N2C(=O)NCc3cnc4[nH]c(-c5cnn(C)c5)c(-c5ccc6c(cnn6C(C)C)c5)c4c32)CC1. The summed E-state index contributed by atoms with van der Waals surface area (Å²) in [6.07, 6.45) is 9.03. The number of aromatic amines is 1. The van der Waals surface area contributed by atoms with E-state index in [1.54, 1.807) is 11.6 Å². The van der Waals surface area contributed by atoms with Gasteiger partial charge in [-0.25, -0.2) is 9.78 Å². The van der Waals surface area contributed by atoms with Crippen LogP contribution in [0.15, 0.2) is 43.0 Å². The van der Waals surface area contributed by atoms with Gasteiger partial charge >= 0.3 is 6.03 Å². The molecule has 0 atom stereocenters.